The van der Waals surface area contributed by atoms with E-state index in [0.717, 1.165) is 11.1 Å². The molecule has 0 radical (unpaired) electrons. The van der Waals surface area contributed by atoms with Crippen LogP contribution in [0.1, 0.15) is 50.4 Å². The van der Waals surface area contributed by atoms with Gasteiger partial charge in [-0.15, -0.1) is 0 Å². The van der Waals surface area contributed by atoms with E-state index in [0.29, 0.717) is 37.7 Å². The summed E-state index contributed by atoms with van der Waals surface area (Å²) in [7, 11) is 0. The molecule has 4 aromatic rings. The second-order valence-corrected chi connectivity index (χ2v) is 11.3. The van der Waals surface area contributed by atoms with Gasteiger partial charge < -0.3 is 14.2 Å². The third-order valence-corrected chi connectivity index (χ3v) is 7.81. The summed E-state index contributed by atoms with van der Waals surface area (Å²) >= 11 is 1.24. The molecular formula is C33H31N3O7S. The summed E-state index contributed by atoms with van der Waals surface area (Å²) in [5.74, 6) is 0.651. The van der Waals surface area contributed by atoms with Crippen molar-refractivity contribution in [2.24, 2.45) is 4.99 Å². The Morgan fingerprint density at radius 2 is 1.80 bits per heavy atom. The molecule has 0 bridgehead atoms. The molecule has 0 saturated carbocycles. The van der Waals surface area contributed by atoms with Crippen LogP contribution in [0.25, 0.3) is 6.08 Å². The number of esters is 1. The number of nitro groups is 1. The summed E-state index contributed by atoms with van der Waals surface area (Å²) in [4.78, 5) is 42.7. The lowest BCUT2D eigenvalue weighted by Gasteiger charge is -2.26. The minimum Gasteiger partial charge on any atom is -0.491 e. The fraction of sp³-hybridized carbons (Fsp3) is 0.242. The first kappa shape index (κ1) is 30.4. The fourth-order valence-corrected chi connectivity index (χ4v) is 5.89. The highest BCUT2D eigenvalue weighted by Gasteiger charge is 2.35. The van der Waals surface area contributed by atoms with Gasteiger partial charge in [-0.3, -0.25) is 19.5 Å². The minimum atomic E-state index is -0.780. The largest absolute Gasteiger partial charge is 0.491 e. The molecule has 0 N–H and O–H groups in total. The number of hydrogen-bond donors (Lipinski definition) is 0. The van der Waals surface area contributed by atoms with Gasteiger partial charge in [0, 0.05) is 17.7 Å². The Labute approximate surface area is 257 Å². The smallest absolute Gasteiger partial charge is 0.338 e. The molecule has 1 aliphatic heterocycles. The molecule has 1 aliphatic rings. The zero-order valence-corrected chi connectivity index (χ0v) is 25.5. The standard InChI is InChI=1S/C33H31N3O7S/c1-5-41-32(38)29-21(4)34-33-35(30(29)26-8-6-7-9-27(26)43-20(2)3)31(37)28(44-33)18-22-12-16-25(17-13-22)42-19-23-10-14-24(15-11-23)36(39)40/h6-18,20,30H,5,19H2,1-4H3/b28-18+/t30-/m0/s1. The molecule has 226 valence electrons. The van der Waals surface area contributed by atoms with Crippen molar-refractivity contribution >= 4 is 29.1 Å². The highest BCUT2D eigenvalue weighted by Crippen LogP contribution is 2.36. The molecule has 2 heterocycles. The number of fused-ring (bicyclic) bond motifs is 1. The summed E-state index contributed by atoms with van der Waals surface area (Å²) in [5, 5.41) is 10.9. The van der Waals surface area contributed by atoms with Gasteiger partial charge in [0.25, 0.3) is 11.2 Å². The molecule has 0 amide bonds. The summed E-state index contributed by atoms with van der Waals surface area (Å²) in [6, 6.07) is 20.0. The van der Waals surface area contributed by atoms with E-state index in [-0.39, 0.29) is 30.6 Å². The fourth-order valence-electron chi connectivity index (χ4n) is 4.85. The Hall–Kier alpha value is -5.03. The molecule has 44 heavy (non-hydrogen) atoms. The SMILES string of the molecule is CCOC(=O)C1=C(C)N=c2s/c(=C/c3ccc(OCc4ccc([N+](=O)[O-])cc4)cc3)c(=O)n2[C@H]1c1ccccc1OC(C)C. The number of hydrogen-bond acceptors (Lipinski definition) is 9. The number of non-ortho nitro benzene ring substituents is 1. The molecule has 1 atom stereocenters. The predicted octanol–water partition coefficient (Wildman–Crippen LogP) is 5.07. The van der Waals surface area contributed by atoms with E-state index in [1.54, 1.807) is 48.8 Å². The van der Waals surface area contributed by atoms with Gasteiger partial charge in [0.15, 0.2) is 4.80 Å². The van der Waals surface area contributed by atoms with Crippen molar-refractivity contribution in [1.82, 2.24) is 4.57 Å². The monoisotopic (exact) mass is 613 g/mol. The van der Waals surface area contributed by atoms with Crippen LogP contribution in [0.3, 0.4) is 0 Å². The average molecular weight is 614 g/mol. The highest BCUT2D eigenvalue weighted by molar-refractivity contribution is 7.07. The number of rotatable bonds is 10. The van der Waals surface area contributed by atoms with E-state index in [2.05, 4.69) is 4.99 Å². The van der Waals surface area contributed by atoms with Crippen LogP contribution in [0.2, 0.25) is 0 Å². The van der Waals surface area contributed by atoms with Gasteiger partial charge in [0.05, 0.1) is 33.4 Å². The lowest BCUT2D eigenvalue weighted by atomic mass is 9.95. The number of carbonyl (C=O) groups is 1. The third-order valence-electron chi connectivity index (χ3n) is 6.82. The van der Waals surface area contributed by atoms with Gasteiger partial charge in [0.1, 0.15) is 24.1 Å². The van der Waals surface area contributed by atoms with Crippen LogP contribution in [-0.4, -0.2) is 28.2 Å². The van der Waals surface area contributed by atoms with E-state index in [4.69, 9.17) is 14.2 Å². The molecule has 11 heteroatoms. The molecule has 0 aliphatic carbocycles. The molecule has 0 spiro atoms. The van der Waals surface area contributed by atoms with Crippen LogP contribution < -0.4 is 24.4 Å². The van der Waals surface area contributed by atoms with Crippen molar-refractivity contribution < 1.29 is 23.9 Å². The topological polar surface area (TPSA) is 122 Å². The van der Waals surface area contributed by atoms with Crippen LogP contribution >= 0.6 is 11.3 Å². The van der Waals surface area contributed by atoms with E-state index >= 15 is 0 Å². The normalized spacial score (nSPS) is 14.7. The number of ether oxygens (including phenoxy) is 3. The summed E-state index contributed by atoms with van der Waals surface area (Å²) in [6.07, 6.45) is 1.66. The number of aromatic nitrogens is 1. The van der Waals surface area contributed by atoms with Crippen LogP contribution in [0, 0.1) is 10.1 Å². The maximum atomic E-state index is 14.0. The first-order chi connectivity index (χ1) is 21.2. The van der Waals surface area contributed by atoms with Crippen molar-refractivity contribution in [3.8, 4) is 11.5 Å². The highest BCUT2D eigenvalue weighted by atomic mass is 32.1. The Kier molecular flexibility index (Phi) is 9.05. The zero-order chi connectivity index (χ0) is 31.4. The van der Waals surface area contributed by atoms with Gasteiger partial charge in [-0.25, -0.2) is 9.79 Å². The first-order valence-electron chi connectivity index (χ1n) is 14.1. The molecule has 5 rings (SSSR count). The summed E-state index contributed by atoms with van der Waals surface area (Å²) in [6.45, 7) is 7.76. The van der Waals surface area contributed by atoms with Crippen molar-refractivity contribution in [2.45, 2.75) is 46.4 Å². The number of benzene rings is 3. The van der Waals surface area contributed by atoms with E-state index in [1.165, 1.54) is 23.5 Å². The first-order valence-corrected chi connectivity index (χ1v) is 14.9. The molecular weight excluding hydrogens is 582 g/mol. The number of nitro benzene ring substituents is 1. The maximum Gasteiger partial charge on any atom is 0.338 e. The quantitative estimate of drug-likeness (QED) is 0.139. The molecule has 0 fully saturated rings. The zero-order valence-electron chi connectivity index (χ0n) is 24.7. The lowest BCUT2D eigenvalue weighted by Crippen LogP contribution is -2.40. The van der Waals surface area contributed by atoms with E-state index < -0.39 is 16.9 Å². The number of thiazole rings is 1. The van der Waals surface area contributed by atoms with Crippen LogP contribution in [0.5, 0.6) is 11.5 Å². The lowest BCUT2D eigenvalue weighted by molar-refractivity contribution is -0.384. The third kappa shape index (κ3) is 6.47. The average Bonchev–Trinajstić information content (AvgIpc) is 3.30. The number of allylic oxidation sites excluding steroid dienone is 1. The van der Waals surface area contributed by atoms with E-state index in [1.807, 2.05) is 50.2 Å². The van der Waals surface area contributed by atoms with Gasteiger partial charge >= 0.3 is 5.97 Å². The van der Waals surface area contributed by atoms with Crippen molar-refractivity contribution in [3.63, 3.8) is 0 Å². The van der Waals surface area contributed by atoms with Crippen LogP contribution in [-0.2, 0) is 16.1 Å². The molecule has 0 unspecified atom stereocenters. The Bertz CT molecular complexity index is 1910. The second kappa shape index (κ2) is 13.1. The Balaban J connectivity index is 1.48. The minimum absolute atomic E-state index is 0.0232. The second-order valence-electron chi connectivity index (χ2n) is 10.3. The summed E-state index contributed by atoms with van der Waals surface area (Å²) < 4.78 is 19.3. The van der Waals surface area contributed by atoms with Gasteiger partial charge in [-0.1, -0.05) is 41.7 Å². The molecule has 1 aromatic heterocycles. The number of para-hydroxylation sites is 1. The van der Waals surface area contributed by atoms with Gasteiger partial charge in [-0.05, 0) is 75.2 Å². The van der Waals surface area contributed by atoms with E-state index in [9.17, 15) is 19.7 Å². The molecule has 3 aromatic carbocycles. The Morgan fingerprint density at radius 1 is 1.09 bits per heavy atom. The van der Waals surface area contributed by atoms with Crippen molar-refractivity contribution in [3.05, 3.63) is 131 Å². The van der Waals surface area contributed by atoms with Crippen molar-refractivity contribution in [1.29, 1.82) is 0 Å². The number of nitrogens with zero attached hydrogens (tertiary/aromatic N) is 3. The van der Waals surface area contributed by atoms with Gasteiger partial charge in [-0.2, -0.15) is 0 Å². The molecule has 0 saturated heterocycles. The van der Waals surface area contributed by atoms with Gasteiger partial charge in [0.2, 0.25) is 0 Å². The predicted molar refractivity (Wildman–Crippen MR) is 166 cm³/mol. The van der Waals surface area contributed by atoms with Crippen LogP contribution in [0.4, 0.5) is 5.69 Å². The van der Waals surface area contributed by atoms with Crippen LogP contribution in [0.15, 0.2) is 93.9 Å². The van der Waals surface area contributed by atoms with Crippen molar-refractivity contribution in [2.75, 3.05) is 6.61 Å². The number of carbonyl (C=O) groups excluding carboxylic acids is 1. The maximum absolute atomic E-state index is 14.0. The summed E-state index contributed by atoms with van der Waals surface area (Å²) in [5.41, 5.74) is 2.75. The molecule has 10 nitrogen and oxygen atoms in total. The Morgan fingerprint density at radius 3 is 2.45 bits per heavy atom.